The summed E-state index contributed by atoms with van der Waals surface area (Å²) in [7, 11) is 0. The Kier molecular flexibility index (Phi) is 3.41. The van der Waals surface area contributed by atoms with Crippen LogP contribution in [0.3, 0.4) is 0 Å². The lowest BCUT2D eigenvalue weighted by Gasteiger charge is -2.19. The Morgan fingerprint density at radius 3 is 3.05 bits per heavy atom. The van der Waals surface area contributed by atoms with Gasteiger partial charge in [0.15, 0.2) is 0 Å². The average Bonchev–Trinajstić information content (AvgIpc) is 3.15. The molecular weight excluding hydrogens is 256 g/mol. The summed E-state index contributed by atoms with van der Waals surface area (Å²) in [5, 5.41) is 13.8. The molecule has 2 heterocycles. The van der Waals surface area contributed by atoms with Crippen molar-refractivity contribution in [2.75, 3.05) is 0 Å². The first-order valence-corrected chi connectivity index (χ1v) is 6.65. The maximum Gasteiger partial charge on any atom is 0.242 e. The third-order valence-corrected chi connectivity index (χ3v) is 3.45. The van der Waals surface area contributed by atoms with Gasteiger partial charge < -0.3 is 5.32 Å². The van der Waals surface area contributed by atoms with Crippen LogP contribution in [0.25, 0.3) is 0 Å². The molecular formula is C13H16N6O. The van der Waals surface area contributed by atoms with E-state index in [1.165, 1.54) is 11.0 Å². The van der Waals surface area contributed by atoms with Crippen LogP contribution in [-0.2, 0) is 11.3 Å². The van der Waals surface area contributed by atoms with Crippen LogP contribution in [0.2, 0.25) is 0 Å². The number of aryl methyl sites for hydroxylation is 1. The Bertz CT molecular complexity index is 593. The molecule has 7 heteroatoms. The SMILES string of the molecule is Cc1cccnc1[C@H](NC(=O)Cn1cnnn1)C1CC1. The fourth-order valence-corrected chi connectivity index (χ4v) is 2.28. The highest BCUT2D eigenvalue weighted by molar-refractivity contribution is 5.76. The van der Waals surface area contributed by atoms with Gasteiger partial charge in [0.2, 0.25) is 5.91 Å². The highest BCUT2D eigenvalue weighted by atomic mass is 16.2. The van der Waals surface area contributed by atoms with E-state index in [-0.39, 0.29) is 18.5 Å². The topological polar surface area (TPSA) is 85.6 Å². The quantitative estimate of drug-likeness (QED) is 0.863. The Hall–Kier alpha value is -2.31. The monoisotopic (exact) mass is 272 g/mol. The Labute approximate surface area is 116 Å². The van der Waals surface area contributed by atoms with Crippen LogP contribution in [0, 0.1) is 12.8 Å². The molecule has 0 saturated heterocycles. The molecule has 0 bridgehead atoms. The summed E-state index contributed by atoms with van der Waals surface area (Å²) in [4.78, 5) is 16.5. The van der Waals surface area contributed by atoms with Gasteiger partial charge in [-0.25, -0.2) is 4.68 Å². The molecule has 3 rings (SSSR count). The van der Waals surface area contributed by atoms with Crippen LogP contribution in [-0.4, -0.2) is 31.1 Å². The number of rotatable bonds is 5. The van der Waals surface area contributed by atoms with Crippen molar-refractivity contribution in [3.8, 4) is 0 Å². The fraction of sp³-hybridized carbons (Fsp3) is 0.462. The van der Waals surface area contributed by atoms with Crippen molar-refractivity contribution in [1.82, 2.24) is 30.5 Å². The Balaban J connectivity index is 1.72. The number of aromatic nitrogens is 5. The Morgan fingerprint density at radius 1 is 1.55 bits per heavy atom. The first-order chi connectivity index (χ1) is 9.74. The van der Waals surface area contributed by atoms with Gasteiger partial charge in [-0.2, -0.15) is 0 Å². The number of amides is 1. The zero-order chi connectivity index (χ0) is 13.9. The molecule has 0 unspecified atom stereocenters. The second kappa shape index (κ2) is 5.36. The van der Waals surface area contributed by atoms with Crippen molar-refractivity contribution in [1.29, 1.82) is 0 Å². The minimum Gasteiger partial charge on any atom is -0.346 e. The summed E-state index contributed by atoms with van der Waals surface area (Å²) >= 11 is 0. The number of pyridine rings is 1. The van der Waals surface area contributed by atoms with Crippen molar-refractivity contribution in [3.05, 3.63) is 35.9 Å². The van der Waals surface area contributed by atoms with E-state index in [9.17, 15) is 4.79 Å². The van der Waals surface area contributed by atoms with Crippen LogP contribution in [0.1, 0.15) is 30.1 Å². The Morgan fingerprint density at radius 2 is 2.40 bits per heavy atom. The van der Waals surface area contributed by atoms with E-state index in [2.05, 4.69) is 25.8 Å². The lowest BCUT2D eigenvalue weighted by molar-refractivity contribution is -0.122. The van der Waals surface area contributed by atoms with Gasteiger partial charge in [-0.1, -0.05) is 6.07 Å². The summed E-state index contributed by atoms with van der Waals surface area (Å²) < 4.78 is 1.41. The third kappa shape index (κ3) is 2.81. The van der Waals surface area contributed by atoms with E-state index in [1.54, 1.807) is 6.20 Å². The molecule has 1 N–H and O–H groups in total. The molecule has 0 radical (unpaired) electrons. The van der Waals surface area contributed by atoms with Crippen molar-refractivity contribution in [3.63, 3.8) is 0 Å². The van der Waals surface area contributed by atoms with Gasteiger partial charge in [0.05, 0.1) is 11.7 Å². The van der Waals surface area contributed by atoms with Gasteiger partial charge in [-0.3, -0.25) is 9.78 Å². The number of nitrogens with one attached hydrogen (secondary N) is 1. The van der Waals surface area contributed by atoms with Gasteiger partial charge in [0, 0.05) is 6.20 Å². The molecule has 1 saturated carbocycles. The first kappa shape index (κ1) is 12.7. The minimum atomic E-state index is -0.0979. The van der Waals surface area contributed by atoms with Gasteiger partial charge in [0.25, 0.3) is 0 Å². The molecule has 0 aliphatic heterocycles. The lowest BCUT2D eigenvalue weighted by atomic mass is 10.0. The standard InChI is InChI=1S/C13H16N6O/c1-9-3-2-6-14-12(9)13(10-4-5-10)16-11(20)7-19-8-15-17-18-19/h2-3,6,8,10,13H,4-5,7H2,1H3,(H,16,20)/t13-/m1/s1. The van der Waals surface area contributed by atoms with Crippen LogP contribution in [0.5, 0.6) is 0 Å². The molecule has 2 aromatic rings. The van der Waals surface area contributed by atoms with E-state index < -0.39 is 0 Å². The molecule has 104 valence electrons. The highest BCUT2D eigenvalue weighted by Gasteiger charge is 2.35. The molecule has 1 fully saturated rings. The van der Waals surface area contributed by atoms with Gasteiger partial charge >= 0.3 is 0 Å². The van der Waals surface area contributed by atoms with Crippen molar-refractivity contribution in [2.24, 2.45) is 5.92 Å². The summed E-state index contributed by atoms with van der Waals surface area (Å²) in [5.74, 6) is 0.390. The van der Waals surface area contributed by atoms with Gasteiger partial charge in [-0.15, -0.1) is 5.10 Å². The van der Waals surface area contributed by atoms with Crippen molar-refractivity contribution in [2.45, 2.75) is 32.4 Å². The van der Waals surface area contributed by atoms with E-state index >= 15 is 0 Å². The predicted molar refractivity (Wildman–Crippen MR) is 70.4 cm³/mol. The number of carbonyl (C=O) groups excluding carboxylic acids is 1. The number of hydrogen-bond donors (Lipinski definition) is 1. The van der Waals surface area contributed by atoms with Crippen molar-refractivity contribution >= 4 is 5.91 Å². The van der Waals surface area contributed by atoms with Crippen LogP contribution in [0.4, 0.5) is 0 Å². The van der Waals surface area contributed by atoms with Crippen LogP contribution in [0.15, 0.2) is 24.7 Å². The maximum atomic E-state index is 12.1. The normalized spacial score (nSPS) is 15.8. The zero-order valence-electron chi connectivity index (χ0n) is 11.2. The third-order valence-electron chi connectivity index (χ3n) is 3.45. The number of tetrazole rings is 1. The largest absolute Gasteiger partial charge is 0.346 e. The van der Waals surface area contributed by atoms with Crippen molar-refractivity contribution < 1.29 is 4.79 Å². The summed E-state index contributed by atoms with van der Waals surface area (Å²) in [6, 6.07) is 3.91. The molecule has 1 aliphatic rings. The molecule has 1 aliphatic carbocycles. The van der Waals surface area contributed by atoms with Crippen LogP contribution >= 0.6 is 0 Å². The van der Waals surface area contributed by atoms with E-state index in [0.717, 1.165) is 24.1 Å². The number of nitrogens with zero attached hydrogens (tertiary/aromatic N) is 5. The molecule has 2 aromatic heterocycles. The molecule has 0 aromatic carbocycles. The van der Waals surface area contributed by atoms with Gasteiger partial charge in [0.1, 0.15) is 12.9 Å². The summed E-state index contributed by atoms with van der Waals surface area (Å²) in [5.41, 5.74) is 2.06. The molecule has 20 heavy (non-hydrogen) atoms. The van der Waals surface area contributed by atoms with Crippen LogP contribution < -0.4 is 5.32 Å². The molecule has 0 spiro atoms. The van der Waals surface area contributed by atoms with E-state index in [0.29, 0.717) is 5.92 Å². The number of carbonyl (C=O) groups is 1. The highest BCUT2D eigenvalue weighted by Crippen LogP contribution is 2.41. The zero-order valence-corrected chi connectivity index (χ0v) is 11.2. The van der Waals surface area contributed by atoms with E-state index in [4.69, 9.17) is 0 Å². The molecule has 7 nitrogen and oxygen atoms in total. The maximum absolute atomic E-state index is 12.1. The smallest absolute Gasteiger partial charge is 0.242 e. The summed E-state index contributed by atoms with van der Waals surface area (Å²) in [6.45, 7) is 2.15. The van der Waals surface area contributed by atoms with E-state index in [1.807, 2.05) is 19.1 Å². The lowest BCUT2D eigenvalue weighted by Crippen LogP contribution is -2.33. The summed E-state index contributed by atoms with van der Waals surface area (Å²) in [6.07, 6.45) is 5.46. The number of hydrogen-bond acceptors (Lipinski definition) is 5. The second-order valence-electron chi connectivity index (χ2n) is 5.10. The first-order valence-electron chi connectivity index (χ1n) is 6.65. The van der Waals surface area contributed by atoms with Gasteiger partial charge in [-0.05, 0) is 47.7 Å². The average molecular weight is 272 g/mol. The minimum absolute atomic E-state index is 0.0137. The second-order valence-corrected chi connectivity index (χ2v) is 5.10. The fourth-order valence-electron chi connectivity index (χ4n) is 2.28. The molecule has 1 atom stereocenters. The predicted octanol–water partition coefficient (Wildman–Crippen LogP) is 0.644. The molecule has 1 amide bonds.